The molecule has 106 valence electrons. The van der Waals surface area contributed by atoms with Gasteiger partial charge in [-0.2, -0.15) is 0 Å². The molecule has 0 aliphatic heterocycles. The SMILES string of the molecule is Cc1ncoc1C(=O)NCC1CCC(N(C)C)CC1. The molecule has 1 fully saturated rings. The summed E-state index contributed by atoms with van der Waals surface area (Å²) in [6.07, 6.45) is 6.10. The normalized spacial score (nSPS) is 23.6. The number of hydrogen-bond acceptors (Lipinski definition) is 4. The minimum atomic E-state index is -0.148. The summed E-state index contributed by atoms with van der Waals surface area (Å²) < 4.78 is 5.08. The molecule has 0 radical (unpaired) electrons. The van der Waals surface area contributed by atoms with E-state index in [1.54, 1.807) is 6.92 Å². The predicted octanol–water partition coefficient (Wildman–Crippen LogP) is 1.83. The van der Waals surface area contributed by atoms with E-state index in [0.29, 0.717) is 23.4 Å². The van der Waals surface area contributed by atoms with Crippen molar-refractivity contribution >= 4 is 5.91 Å². The topological polar surface area (TPSA) is 58.4 Å². The fourth-order valence-electron chi connectivity index (χ4n) is 2.70. The third kappa shape index (κ3) is 3.56. The first-order valence-corrected chi connectivity index (χ1v) is 6.92. The molecule has 0 saturated heterocycles. The number of oxazole rings is 1. The number of carbonyl (C=O) groups excluding carboxylic acids is 1. The number of amides is 1. The van der Waals surface area contributed by atoms with Crippen LogP contribution in [0.1, 0.15) is 41.9 Å². The molecule has 5 nitrogen and oxygen atoms in total. The Bertz CT molecular complexity index is 420. The second-order valence-electron chi connectivity index (χ2n) is 5.62. The third-order valence-corrected chi connectivity index (χ3v) is 4.05. The van der Waals surface area contributed by atoms with Crippen LogP contribution in [0.3, 0.4) is 0 Å². The molecule has 19 heavy (non-hydrogen) atoms. The molecule has 1 aliphatic carbocycles. The molecule has 0 unspecified atom stereocenters. The average Bonchev–Trinajstić information content (AvgIpc) is 2.83. The minimum Gasteiger partial charge on any atom is -0.438 e. The first-order chi connectivity index (χ1) is 9.08. The number of aryl methyl sites for hydroxylation is 1. The van der Waals surface area contributed by atoms with Gasteiger partial charge in [0.05, 0.1) is 5.69 Å². The molecular formula is C14H23N3O2. The van der Waals surface area contributed by atoms with Gasteiger partial charge in [-0.25, -0.2) is 4.98 Å². The van der Waals surface area contributed by atoms with Gasteiger partial charge in [-0.1, -0.05) is 0 Å². The molecule has 5 heteroatoms. The van der Waals surface area contributed by atoms with Crippen LogP contribution < -0.4 is 5.32 Å². The summed E-state index contributed by atoms with van der Waals surface area (Å²) >= 11 is 0. The van der Waals surface area contributed by atoms with Crippen LogP contribution >= 0.6 is 0 Å². The van der Waals surface area contributed by atoms with Crippen LogP contribution in [0.15, 0.2) is 10.8 Å². The van der Waals surface area contributed by atoms with Gasteiger partial charge < -0.3 is 14.6 Å². The van der Waals surface area contributed by atoms with Gasteiger partial charge in [0.2, 0.25) is 5.76 Å². The Morgan fingerprint density at radius 1 is 1.42 bits per heavy atom. The molecule has 0 aromatic carbocycles. The average molecular weight is 265 g/mol. The third-order valence-electron chi connectivity index (χ3n) is 4.05. The van der Waals surface area contributed by atoms with Gasteiger partial charge in [-0.15, -0.1) is 0 Å². The first kappa shape index (κ1) is 14.1. The van der Waals surface area contributed by atoms with E-state index >= 15 is 0 Å². The van der Waals surface area contributed by atoms with Crippen LogP contribution in [0.4, 0.5) is 0 Å². The lowest BCUT2D eigenvalue weighted by Crippen LogP contribution is -2.36. The molecule has 1 heterocycles. The highest BCUT2D eigenvalue weighted by molar-refractivity contribution is 5.92. The molecular weight excluding hydrogens is 242 g/mol. The zero-order valence-electron chi connectivity index (χ0n) is 12.0. The molecule has 0 bridgehead atoms. The maximum absolute atomic E-state index is 11.9. The number of aromatic nitrogens is 1. The van der Waals surface area contributed by atoms with Crippen molar-refractivity contribution in [2.24, 2.45) is 5.92 Å². The second-order valence-corrected chi connectivity index (χ2v) is 5.62. The molecule has 2 rings (SSSR count). The first-order valence-electron chi connectivity index (χ1n) is 6.92. The van der Waals surface area contributed by atoms with Crippen molar-refractivity contribution in [1.82, 2.24) is 15.2 Å². The van der Waals surface area contributed by atoms with E-state index in [2.05, 4.69) is 29.3 Å². The van der Waals surface area contributed by atoms with E-state index in [-0.39, 0.29) is 5.91 Å². The smallest absolute Gasteiger partial charge is 0.289 e. The van der Waals surface area contributed by atoms with Gasteiger partial charge in [0.15, 0.2) is 6.39 Å². The van der Waals surface area contributed by atoms with E-state index < -0.39 is 0 Å². The van der Waals surface area contributed by atoms with Crippen molar-refractivity contribution in [3.63, 3.8) is 0 Å². The van der Waals surface area contributed by atoms with Crippen LogP contribution in [0.5, 0.6) is 0 Å². The Kier molecular flexibility index (Phi) is 4.58. The molecule has 1 aromatic rings. The van der Waals surface area contributed by atoms with Crippen LogP contribution in [0.2, 0.25) is 0 Å². The van der Waals surface area contributed by atoms with Crippen LogP contribution in [0.25, 0.3) is 0 Å². The molecule has 1 aromatic heterocycles. The number of nitrogens with zero attached hydrogens (tertiary/aromatic N) is 2. The molecule has 1 aliphatic rings. The van der Waals surface area contributed by atoms with Crippen LogP contribution in [-0.4, -0.2) is 42.5 Å². The Hall–Kier alpha value is -1.36. The fourth-order valence-corrected chi connectivity index (χ4v) is 2.70. The van der Waals surface area contributed by atoms with Gasteiger partial charge in [0, 0.05) is 12.6 Å². The Morgan fingerprint density at radius 2 is 2.11 bits per heavy atom. The van der Waals surface area contributed by atoms with Gasteiger partial charge >= 0.3 is 0 Å². The lowest BCUT2D eigenvalue weighted by molar-refractivity contribution is 0.0910. The summed E-state index contributed by atoms with van der Waals surface area (Å²) in [5.41, 5.74) is 0.647. The van der Waals surface area contributed by atoms with E-state index in [4.69, 9.17) is 4.42 Å². The highest BCUT2D eigenvalue weighted by atomic mass is 16.3. The number of rotatable bonds is 4. The van der Waals surface area contributed by atoms with Crippen molar-refractivity contribution in [1.29, 1.82) is 0 Å². The maximum Gasteiger partial charge on any atom is 0.289 e. The molecule has 1 amide bonds. The van der Waals surface area contributed by atoms with Crippen molar-refractivity contribution in [2.75, 3.05) is 20.6 Å². The van der Waals surface area contributed by atoms with Crippen LogP contribution in [0, 0.1) is 12.8 Å². The highest BCUT2D eigenvalue weighted by Gasteiger charge is 2.23. The highest BCUT2D eigenvalue weighted by Crippen LogP contribution is 2.26. The Balaban J connectivity index is 1.75. The Labute approximate surface area is 114 Å². The van der Waals surface area contributed by atoms with Crippen molar-refractivity contribution in [2.45, 2.75) is 38.6 Å². The number of hydrogen-bond donors (Lipinski definition) is 1. The van der Waals surface area contributed by atoms with Gasteiger partial charge in [-0.3, -0.25) is 4.79 Å². The van der Waals surface area contributed by atoms with Crippen molar-refractivity contribution in [3.8, 4) is 0 Å². The van der Waals surface area contributed by atoms with Crippen molar-refractivity contribution < 1.29 is 9.21 Å². The van der Waals surface area contributed by atoms with E-state index in [0.717, 1.165) is 6.54 Å². The van der Waals surface area contributed by atoms with E-state index in [1.165, 1.54) is 32.1 Å². The number of nitrogens with one attached hydrogen (secondary N) is 1. The van der Waals surface area contributed by atoms with Gasteiger partial charge in [-0.05, 0) is 52.6 Å². The standard InChI is InChI=1S/C14H23N3O2/c1-10-13(19-9-16-10)14(18)15-8-11-4-6-12(7-5-11)17(2)3/h9,11-12H,4-8H2,1-3H3,(H,15,18). The summed E-state index contributed by atoms with van der Waals surface area (Å²) in [7, 11) is 4.28. The molecule has 0 atom stereocenters. The molecule has 0 spiro atoms. The predicted molar refractivity (Wildman–Crippen MR) is 73.0 cm³/mol. The number of carbonyl (C=O) groups is 1. The summed E-state index contributed by atoms with van der Waals surface area (Å²) in [5.74, 6) is 0.773. The van der Waals surface area contributed by atoms with Gasteiger partial charge in [0.25, 0.3) is 5.91 Å². The second kappa shape index (κ2) is 6.19. The van der Waals surface area contributed by atoms with Crippen LogP contribution in [-0.2, 0) is 0 Å². The zero-order chi connectivity index (χ0) is 13.8. The summed E-state index contributed by atoms with van der Waals surface area (Å²) in [6, 6.07) is 0.698. The Morgan fingerprint density at radius 3 is 2.63 bits per heavy atom. The van der Waals surface area contributed by atoms with E-state index in [1.807, 2.05) is 0 Å². The van der Waals surface area contributed by atoms with E-state index in [9.17, 15) is 4.79 Å². The quantitative estimate of drug-likeness (QED) is 0.902. The largest absolute Gasteiger partial charge is 0.438 e. The minimum absolute atomic E-state index is 0.148. The maximum atomic E-state index is 11.9. The summed E-state index contributed by atoms with van der Waals surface area (Å²) in [6.45, 7) is 2.51. The zero-order valence-corrected chi connectivity index (χ0v) is 12.0. The monoisotopic (exact) mass is 265 g/mol. The molecule has 1 saturated carbocycles. The fraction of sp³-hybridized carbons (Fsp3) is 0.714. The lowest BCUT2D eigenvalue weighted by atomic mass is 9.85. The summed E-state index contributed by atoms with van der Waals surface area (Å²) in [4.78, 5) is 18.1. The van der Waals surface area contributed by atoms with Gasteiger partial charge in [0.1, 0.15) is 0 Å². The van der Waals surface area contributed by atoms with Crippen molar-refractivity contribution in [3.05, 3.63) is 17.8 Å². The lowest BCUT2D eigenvalue weighted by Gasteiger charge is -2.32. The summed E-state index contributed by atoms with van der Waals surface area (Å²) in [5, 5.41) is 2.95. The molecule has 1 N–H and O–H groups in total.